The zero-order valence-electron chi connectivity index (χ0n) is 17.8. The maximum Gasteiger partial charge on any atom is 0.0346 e. The monoisotopic (exact) mass is 402 g/mol. The van der Waals surface area contributed by atoms with Gasteiger partial charge in [-0.2, -0.15) is 0 Å². The summed E-state index contributed by atoms with van der Waals surface area (Å²) >= 11 is 0. The van der Waals surface area contributed by atoms with Crippen molar-refractivity contribution < 1.29 is 0 Å². The molecule has 5 rings (SSSR count). The molecule has 152 valence electrons. The van der Waals surface area contributed by atoms with Crippen LogP contribution in [-0.2, 0) is 0 Å². The molecule has 0 aliphatic rings. The lowest BCUT2D eigenvalue weighted by Gasteiger charge is -2.18. The van der Waals surface area contributed by atoms with E-state index in [4.69, 9.17) is 0 Å². The average molecular weight is 403 g/mol. The summed E-state index contributed by atoms with van der Waals surface area (Å²) < 4.78 is 0. The Kier molecular flexibility index (Phi) is 5.37. The molecule has 31 heavy (non-hydrogen) atoms. The molecule has 0 aliphatic carbocycles. The number of benzene rings is 4. The molecule has 1 heterocycles. The van der Waals surface area contributed by atoms with Crippen molar-refractivity contribution in [1.29, 1.82) is 0 Å². The Hall–Kier alpha value is -3.65. The largest absolute Gasteiger partial charge is 0.384 e. The third kappa shape index (κ3) is 4.15. The fourth-order valence-electron chi connectivity index (χ4n) is 4.25. The minimum atomic E-state index is 0.471. The van der Waals surface area contributed by atoms with Crippen LogP contribution in [0.15, 0.2) is 103 Å². The third-order valence-electron chi connectivity index (χ3n) is 6.15. The zero-order chi connectivity index (χ0) is 21.0. The number of fused-ring (bicyclic) bond motifs is 2. The van der Waals surface area contributed by atoms with Crippen LogP contribution in [0, 0.1) is 0 Å². The quantitative estimate of drug-likeness (QED) is 0.315. The molecule has 0 amide bonds. The molecule has 0 radical (unpaired) electrons. The molecule has 2 nitrogen and oxygen atoms in total. The standard InChI is InChI=1S/C29H26N2/c1-2-21(20-31-29-14-13-28-19-30-16-15-27(28)18-29)23-7-9-24(10-8-23)26-12-11-22-5-3-4-6-25(22)17-26/h3-19,21,31H,2,20H2,1H3. The molecule has 0 saturated carbocycles. The number of hydrogen-bond acceptors (Lipinski definition) is 2. The molecule has 1 N–H and O–H groups in total. The minimum Gasteiger partial charge on any atom is -0.384 e. The van der Waals surface area contributed by atoms with E-state index >= 15 is 0 Å². The van der Waals surface area contributed by atoms with Gasteiger partial charge in [0.2, 0.25) is 0 Å². The molecule has 0 saturated heterocycles. The topological polar surface area (TPSA) is 24.9 Å². The highest BCUT2D eigenvalue weighted by Crippen LogP contribution is 2.28. The number of aromatic nitrogens is 1. The van der Waals surface area contributed by atoms with E-state index in [1.54, 1.807) is 0 Å². The fourth-order valence-corrected chi connectivity index (χ4v) is 4.25. The highest BCUT2D eigenvalue weighted by atomic mass is 14.9. The van der Waals surface area contributed by atoms with Gasteiger partial charge < -0.3 is 5.32 Å². The van der Waals surface area contributed by atoms with Gasteiger partial charge in [-0.25, -0.2) is 0 Å². The second-order valence-corrected chi connectivity index (χ2v) is 8.11. The van der Waals surface area contributed by atoms with Crippen LogP contribution in [0.2, 0.25) is 0 Å². The van der Waals surface area contributed by atoms with Crippen molar-refractivity contribution in [1.82, 2.24) is 4.98 Å². The van der Waals surface area contributed by atoms with Crippen LogP contribution in [0.5, 0.6) is 0 Å². The average Bonchev–Trinajstić information content (AvgIpc) is 2.84. The summed E-state index contributed by atoms with van der Waals surface area (Å²) in [5.74, 6) is 0.471. The van der Waals surface area contributed by atoms with Crippen LogP contribution in [0.25, 0.3) is 32.7 Å². The van der Waals surface area contributed by atoms with Crippen molar-refractivity contribution >= 4 is 27.2 Å². The molecule has 0 spiro atoms. The Morgan fingerprint density at radius 3 is 2.29 bits per heavy atom. The Bertz CT molecular complexity index is 1320. The smallest absolute Gasteiger partial charge is 0.0346 e. The Balaban J connectivity index is 1.31. The number of nitrogens with zero attached hydrogens (tertiary/aromatic N) is 1. The van der Waals surface area contributed by atoms with Gasteiger partial charge in [-0.15, -0.1) is 0 Å². The molecule has 0 fully saturated rings. The van der Waals surface area contributed by atoms with Crippen LogP contribution in [0.3, 0.4) is 0 Å². The van der Waals surface area contributed by atoms with Crippen LogP contribution < -0.4 is 5.32 Å². The van der Waals surface area contributed by atoms with Gasteiger partial charge in [0, 0.05) is 35.9 Å². The number of nitrogens with one attached hydrogen (secondary N) is 1. The molecule has 4 aromatic carbocycles. The molecular weight excluding hydrogens is 376 g/mol. The van der Waals surface area contributed by atoms with E-state index in [9.17, 15) is 0 Å². The third-order valence-corrected chi connectivity index (χ3v) is 6.15. The summed E-state index contributed by atoms with van der Waals surface area (Å²) in [4.78, 5) is 4.19. The summed E-state index contributed by atoms with van der Waals surface area (Å²) in [6.45, 7) is 3.18. The summed E-state index contributed by atoms with van der Waals surface area (Å²) in [5.41, 5.74) is 5.07. The first-order valence-corrected chi connectivity index (χ1v) is 11.0. The van der Waals surface area contributed by atoms with Crippen molar-refractivity contribution in [3.05, 3.63) is 109 Å². The lowest BCUT2D eigenvalue weighted by atomic mass is 9.93. The van der Waals surface area contributed by atoms with Crippen molar-refractivity contribution in [3.63, 3.8) is 0 Å². The lowest BCUT2D eigenvalue weighted by molar-refractivity contribution is 0.695. The fraction of sp³-hybridized carbons (Fsp3) is 0.138. The summed E-state index contributed by atoms with van der Waals surface area (Å²) in [5, 5.41) is 8.58. The molecule has 2 heteroatoms. The second-order valence-electron chi connectivity index (χ2n) is 8.11. The number of pyridine rings is 1. The van der Waals surface area contributed by atoms with Crippen LogP contribution in [0.4, 0.5) is 5.69 Å². The summed E-state index contributed by atoms with van der Waals surface area (Å²) in [6, 6.07) is 32.8. The van der Waals surface area contributed by atoms with E-state index in [0.29, 0.717) is 5.92 Å². The normalized spacial score (nSPS) is 12.2. The van der Waals surface area contributed by atoms with Crippen LogP contribution >= 0.6 is 0 Å². The van der Waals surface area contributed by atoms with E-state index in [1.807, 2.05) is 12.4 Å². The van der Waals surface area contributed by atoms with Crippen LogP contribution in [-0.4, -0.2) is 11.5 Å². The van der Waals surface area contributed by atoms with Crippen LogP contribution in [0.1, 0.15) is 24.8 Å². The van der Waals surface area contributed by atoms with Gasteiger partial charge in [-0.05, 0) is 63.5 Å². The van der Waals surface area contributed by atoms with Gasteiger partial charge >= 0.3 is 0 Å². The molecule has 1 unspecified atom stereocenters. The molecule has 0 aliphatic heterocycles. The van der Waals surface area contributed by atoms with E-state index in [1.165, 1.54) is 38.2 Å². The van der Waals surface area contributed by atoms with Gasteiger partial charge in [-0.1, -0.05) is 73.7 Å². The lowest BCUT2D eigenvalue weighted by Crippen LogP contribution is -2.12. The molecule has 0 bridgehead atoms. The van der Waals surface area contributed by atoms with E-state index in [0.717, 1.165) is 18.7 Å². The van der Waals surface area contributed by atoms with Crippen molar-refractivity contribution in [2.24, 2.45) is 0 Å². The summed E-state index contributed by atoms with van der Waals surface area (Å²) in [6.07, 6.45) is 4.85. The highest BCUT2D eigenvalue weighted by Gasteiger charge is 2.10. The van der Waals surface area contributed by atoms with E-state index in [-0.39, 0.29) is 0 Å². The minimum absolute atomic E-state index is 0.471. The van der Waals surface area contributed by atoms with Gasteiger partial charge in [-0.3, -0.25) is 4.98 Å². The zero-order valence-corrected chi connectivity index (χ0v) is 17.8. The number of anilines is 1. The van der Waals surface area contributed by atoms with Crippen molar-refractivity contribution in [2.75, 3.05) is 11.9 Å². The predicted octanol–water partition coefficient (Wildman–Crippen LogP) is 7.66. The Morgan fingerprint density at radius 1 is 0.710 bits per heavy atom. The SMILES string of the molecule is CCC(CNc1ccc2cnccc2c1)c1ccc(-c2ccc3ccccc3c2)cc1. The van der Waals surface area contributed by atoms with Gasteiger partial charge in [0.05, 0.1) is 0 Å². The first-order chi connectivity index (χ1) is 15.3. The van der Waals surface area contributed by atoms with Crippen molar-refractivity contribution in [2.45, 2.75) is 19.3 Å². The van der Waals surface area contributed by atoms with E-state index in [2.05, 4.69) is 108 Å². The first kappa shape index (κ1) is 19.3. The highest BCUT2D eigenvalue weighted by molar-refractivity contribution is 5.87. The van der Waals surface area contributed by atoms with Gasteiger partial charge in [0.25, 0.3) is 0 Å². The molecule has 1 atom stereocenters. The molecule has 1 aromatic heterocycles. The second kappa shape index (κ2) is 8.61. The Labute approximate surface area is 183 Å². The van der Waals surface area contributed by atoms with Gasteiger partial charge in [0.1, 0.15) is 0 Å². The maximum absolute atomic E-state index is 4.19. The first-order valence-electron chi connectivity index (χ1n) is 11.0. The maximum atomic E-state index is 4.19. The molecular formula is C29H26N2. The summed E-state index contributed by atoms with van der Waals surface area (Å²) in [7, 11) is 0. The van der Waals surface area contributed by atoms with Crippen molar-refractivity contribution in [3.8, 4) is 11.1 Å². The number of rotatable bonds is 6. The predicted molar refractivity (Wildman–Crippen MR) is 133 cm³/mol. The van der Waals surface area contributed by atoms with E-state index < -0.39 is 0 Å². The molecule has 5 aromatic rings. The Morgan fingerprint density at radius 2 is 1.45 bits per heavy atom. The van der Waals surface area contributed by atoms with Gasteiger partial charge in [0.15, 0.2) is 0 Å². The number of hydrogen-bond donors (Lipinski definition) is 1.